The molecule has 1 N–H and O–H groups in total. The van der Waals surface area contributed by atoms with E-state index in [1.54, 1.807) is 11.4 Å². The number of ether oxygens (including phenoxy) is 1. The molecule has 0 aliphatic carbocycles. The molecule has 2 aromatic heterocycles. The third-order valence-electron chi connectivity index (χ3n) is 5.94. The van der Waals surface area contributed by atoms with E-state index in [-0.39, 0.29) is 12.3 Å². The number of carbonyl (C=O) groups excluding carboxylic acids is 1. The quantitative estimate of drug-likeness (QED) is 0.342. The maximum Gasteiger partial charge on any atom is 0.611 e. The molecule has 7 nitrogen and oxygen atoms in total. The molecule has 1 amide bonds. The molecule has 0 radical (unpaired) electrons. The number of carbonyl (C=O) groups is 1. The Kier molecular flexibility index (Phi) is 8.01. The Morgan fingerprint density at radius 3 is 2.83 bits per heavy atom. The van der Waals surface area contributed by atoms with Crippen molar-refractivity contribution in [3.05, 3.63) is 63.9 Å². The summed E-state index contributed by atoms with van der Waals surface area (Å²) in [5.74, 6) is 0.610. The molecule has 10 heteroatoms. The van der Waals surface area contributed by atoms with E-state index in [1.807, 2.05) is 56.3 Å². The van der Waals surface area contributed by atoms with Gasteiger partial charge in [-0.25, -0.2) is 4.98 Å². The monoisotopic (exact) mass is 503 g/mol. The third kappa shape index (κ3) is 6.10. The number of allylic oxidation sites excluding steroid dienone is 3. The molecule has 0 spiro atoms. The standard InChI is InChI=1S/C26H27BFN5O2S/c1-17-13-19(3)32-27(28)33-20(5-6-21(33)14-18(17)2)7-10-25(34)30-11-4-12-35-22-8-9-23-24(15-22)36-26(16-29)31-23/h5-6,8-9,13-15H,4,7,10-12H2,1-3H3,(H,30,34)/b17-13-,18-14+,32-19+. The average molecular weight is 503 g/mol. The smallest absolute Gasteiger partial charge is 0.493 e. The van der Waals surface area contributed by atoms with Crippen LogP contribution in [0.1, 0.15) is 50.0 Å². The summed E-state index contributed by atoms with van der Waals surface area (Å²) >= 11 is 1.33. The molecule has 0 saturated carbocycles. The molecule has 3 aromatic rings. The molecule has 0 saturated heterocycles. The van der Waals surface area contributed by atoms with Gasteiger partial charge in [-0.05, 0) is 87.2 Å². The minimum atomic E-state index is -1.54. The van der Waals surface area contributed by atoms with E-state index < -0.39 is 7.26 Å². The largest absolute Gasteiger partial charge is 0.611 e. The van der Waals surface area contributed by atoms with Crippen LogP contribution >= 0.6 is 11.3 Å². The van der Waals surface area contributed by atoms with Gasteiger partial charge in [0.1, 0.15) is 11.8 Å². The Morgan fingerprint density at radius 1 is 1.22 bits per heavy atom. The molecular formula is C26H27BFN5O2S. The fourth-order valence-corrected chi connectivity index (χ4v) is 4.77. The fraction of sp³-hybridized carbons (Fsp3) is 0.308. The van der Waals surface area contributed by atoms with E-state index >= 15 is 4.32 Å². The van der Waals surface area contributed by atoms with Gasteiger partial charge in [0, 0.05) is 30.1 Å². The Morgan fingerprint density at radius 2 is 2.03 bits per heavy atom. The SMILES string of the molecule is CC1=C/C(C)=N/B(F)n2c(ccc2CCC(=O)NCCCOc2ccc3nc(C#N)sc3c2)\C=C\1C. The summed E-state index contributed by atoms with van der Waals surface area (Å²) in [7, 11) is -1.54. The van der Waals surface area contributed by atoms with Crippen LogP contribution in [0.4, 0.5) is 4.32 Å². The second-order valence-corrected chi connectivity index (χ2v) is 9.70. The molecule has 0 unspecified atom stereocenters. The summed E-state index contributed by atoms with van der Waals surface area (Å²) < 4.78 is 23.3. The molecule has 4 rings (SSSR count). The molecule has 1 aliphatic rings. The lowest BCUT2D eigenvalue weighted by molar-refractivity contribution is -0.121. The van der Waals surface area contributed by atoms with Gasteiger partial charge >= 0.3 is 7.26 Å². The molecule has 0 fully saturated rings. The maximum atomic E-state index is 15.0. The van der Waals surface area contributed by atoms with Crippen molar-refractivity contribution >= 4 is 46.5 Å². The van der Waals surface area contributed by atoms with Crippen LogP contribution in [0.2, 0.25) is 0 Å². The highest BCUT2D eigenvalue weighted by Gasteiger charge is 2.24. The van der Waals surface area contributed by atoms with E-state index in [0.717, 1.165) is 32.8 Å². The maximum absolute atomic E-state index is 15.0. The van der Waals surface area contributed by atoms with Gasteiger partial charge in [-0.15, -0.1) is 11.3 Å². The molecule has 0 bridgehead atoms. The number of halogens is 1. The van der Waals surface area contributed by atoms with Gasteiger partial charge in [-0.1, -0.05) is 0 Å². The van der Waals surface area contributed by atoms with E-state index in [0.29, 0.717) is 42.5 Å². The predicted molar refractivity (Wildman–Crippen MR) is 143 cm³/mol. The number of benzene rings is 1. The Hall–Kier alpha value is -3.71. The van der Waals surface area contributed by atoms with Gasteiger partial charge in [0.05, 0.1) is 16.8 Å². The van der Waals surface area contributed by atoms with Crippen LogP contribution in [-0.4, -0.2) is 41.5 Å². The van der Waals surface area contributed by atoms with Crippen LogP contribution in [0.15, 0.2) is 52.5 Å². The van der Waals surface area contributed by atoms with Gasteiger partial charge < -0.3 is 14.5 Å². The molecule has 0 atom stereocenters. The summed E-state index contributed by atoms with van der Waals surface area (Å²) in [4.78, 5) is 20.8. The summed E-state index contributed by atoms with van der Waals surface area (Å²) in [5, 5.41) is 12.3. The van der Waals surface area contributed by atoms with Crippen molar-refractivity contribution in [1.82, 2.24) is 14.8 Å². The number of thiazole rings is 1. The van der Waals surface area contributed by atoms with Crippen LogP contribution in [0, 0.1) is 11.3 Å². The lowest BCUT2D eigenvalue weighted by Gasteiger charge is -2.12. The van der Waals surface area contributed by atoms with Crippen LogP contribution in [-0.2, 0) is 11.2 Å². The Balaban J connectivity index is 1.26. The topological polar surface area (TPSA) is 92.3 Å². The van der Waals surface area contributed by atoms with Crippen LogP contribution in [0.3, 0.4) is 0 Å². The minimum Gasteiger partial charge on any atom is -0.493 e. The number of rotatable bonds is 8. The normalized spacial score (nSPS) is 17.9. The van der Waals surface area contributed by atoms with E-state index in [2.05, 4.69) is 21.3 Å². The highest BCUT2D eigenvalue weighted by molar-refractivity contribution is 7.19. The summed E-state index contributed by atoms with van der Waals surface area (Å²) in [5.41, 5.74) is 4.96. The number of amides is 1. The van der Waals surface area contributed by atoms with Gasteiger partial charge in [-0.3, -0.25) is 14.0 Å². The molecule has 1 aromatic carbocycles. The zero-order valence-electron chi connectivity index (χ0n) is 20.5. The number of hydrogen-bond donors (Lipinski definition) is 1. The lowest BCUT2D eigenvalue weighted by Crippen LogP contribution is -2.27. The number of fused-ring (bicyclic) bond motifs is 2. The fourth-order valence-electron chi connectivity index (χ4n) is 3.98. The molecule has 36 heavy (non-hydrogen) atoms. The summed E-state index contributed by atoms with van der Waals surface area (Å²) in [6.07, 6.45) is 5.14. The van der Waals surface area contributed by atoms with Crippen molar-refractivity contribution in [2.75, 3.05) is 13.2 Å². The molecule has 3 heterocycles. The average Bonchev–Trinajstić information content (AvgIpc) is 3.45. The van der Waals surface area contributed by atoms with Gasteiger partial charge in [0.15, 0.2) is 5.01 Å². The third-order valence-corrected chi connectivity index (χ3v) is 6.87. The van der Waals surface area contributed by atoms with Gasteiger partial charge in [0.25, 0.3) is 0 Å². The predicted octanol–water partition coefficient (Wildman–Crippen LogP) is 5.11. The van der Waals surface area contributed by atoms with E-state index in [4.69, 9.17) is 10.00 Å². The van der Waals surface area contributed by atoms with Crippen molar-refractivity contribution in [3.8, 4) is 11.8 Å². The number of aryl methyl sites for hydroxylation is 1. The highest BCUT2D eigenvalue weighted by Crippen LogP contribution is 2.26. The van der Waals surface area contributed by atoms with Crippen LogP contribution in [0.5, 0.6) is 5.75 Å². The zero-order valence-corrected chi connectivity index (χ0v) is 21.4. The number of nitriles is 1. The Labute approximate surface area is 214 Å². The lowest BCUT2D eigenvalue weighted by atomic mass is 10.0. The highest BCUT2D eigenvalue weighted by atomic mass is 32.1. The first-order valence-corrected chi connectivity index (χ1v) is 12.6. The van der Waals surface area contributed by atoms with Crippen LogP contribution < -0.4 is 10.1 Å². The van der Waals surface area contributed by atoms with Gasteiger partial charge in [-0.2, -0.15) is 5.26 Å². The molecule has 1 aliphatic heterocycles. The summed E-state index contributed by atoms with van der Waals surface area (Å²) in [6.45, 7) is 6.69. The van der Waals surface area contributed by atoms with Crippen molar-refractivity contribution in [3.63, 3.8) is 0 Å². The van der Waals surface area contributed by atoms with Crippen molar-refractivity contribution < 1.29 is 13.8 Å². The number of hydrogen-bond acceptors (Lipinski definition) is 6. The Bertz CT molecular complexity index is 1420. The number of aromatic nitrogens is 2. The van der Waals surface area contributed by atoms with E-state index in [1.165, 1.54) is 11.3 Å². The first-order chi connectivity index (χ1) is 17.3. The minimum absolute atomic E-state index is 0.0944. The first kappa shape index (κ1) is 25.4. The second kappa shape index (κ2) is 11.4. The van der Waals surface area contributed by atoms with Crippen molar-refractivity contribution in [2.45, 2.75) is 40.0 Å². The number of nitrogens with zero attached hydrogens (tertiary/aromatic N) is 4. The molecular weight excluding hydrogens is 476 g/mol. The molecule has 184 valence electrons. The van der Waals surface area contributed by atoms with Gasteiger partial charge in [0.2, 0.25) is 5.91 Å². The second-order valence-electron chi connectivity index (χ2n) is 8.67. The van der Waals surface area contributed by atoms with Crippen molar-refractivity contribution in [1.29, 1.82) is 5.26 Å². The number of nitrogens with one attached hydrogen (secondary N) is 1. The zero-order chi connectivity index (χ0) is 25.7. The van der Waals surface area contributed by atoms with Crippen LogP contribution in [0.25, 0.3) is 16.3 Å². The van der Waals surface area contributed by atoms with E-state index in [9.17, 15) is 4.79 Å². The van der Waals surface area contributed by atoms with Crippen molar-refractivity contribution in [2.24, 2.45) is 4.90 Å². The summed E-state index contributed by atoms with van der Waals surface area (Å²) in [6, 6.07) is 11.3. The first-order valence-electron chi connectivity index (χ1n) is 11.8.